The van der Waals surface area contributed by atoms with Crippen molar-refractivity contribution in [1.29, 1.82) is 0 Å². The van der Waals surface area contributed by atoms with Crippen molar-refractivity contribution < 1.29 is 53.9 Å². The third-order valence-electron chi connectivity index (χ3n) is 1.82. The quantitative estimate of drug-likeness (QED) is 0.775. The predicted molar refractivity (Wildman–Crippen MR) is 62.4 cm³/mol. The maximum absolute atomic E-state index is 10.2. The molecule has 0 spiro atoms. The second-order valence-electron chi connectivity index (χ2n) is 3.09. The van der Waals surface area contributed by atoms with Gasteiger partial charge in [0.15, 0.2) is 0 Å². The van der Waals surface area contributed by atoms with Crippen LogP contribution in [-0.4, -0.2) is 32.1 Å². The second kappa shape index (κ2) is 11.1. The summed E-state index contributed by atoms with van der Waals surface area (Å²) in [6, 6.07) is 6.16. The van der Waals surface area contributed by atoms with Crippen LogP contribution in [0.5, 0.6) is 0 Å². The largest absolute Gasteiger partial charge is 0.478 e. The van der Waals surface area contributed by atoms with Crippen molar-refractivity contribution >= 4 is 11.9 Å². The summed E-state index contributed by atoms with van der Waals surface area (Å²) in [7, 11) is 0. The zero-order valence-corrected chi connectivity index (χ0v) is 11.7. The van der Waals surface area contributed by atoms with Crippen LogP contribution in [0.25, 0.3) is 0 Å². The molecule has 0 aliphatic carbocycles. The Morgan fingerprint density at radius 3 is 1.30 bits per heavy atom. The summed E-state index contributed by atoms with van der Waals surface area (Å²) in [6.07, 6.45) is 5.68. The van der Waals surface area contributed by atoms with Crippen molar-refractivity contribution in [1.82, 2.24) is 9.97 Å². The number of hydrogen-bond donors (Lipinski definition) is 2. The summed E-state index contributed by atoms with van der Waals surface area (Å²) < 4.78 is 0. The molecular formula is C12H10Cu2N2O4. The van der Waals surface area contributed by atoms with Gasteiger partial charge in [-0.05, 0) is 24.3 Å². The monoisotopic (exact) mass is 372 g/mol. The van der Waals surface area contributed by atoms with Crippen LogP contribution in [0.15, 0.2) is 49.1 Å². The summed E-state index contributed by atoms with van der Waals surface area (Å²) in [4.78, 5) is 27.6. The zero-order chi connectivity index (χ0) is 13.4. The van der Waals surface area contributed by atoms with Crippen molar-refractivity contribution in [3.63, 3.8) is 0 Å². The van der Waals surface area contributed by atoms with Crippen molar-refractivity contribution in [3.8, 4) is 0 Å². The third-order valence-corrected chi connectivity index (χ3v) is 1.82. The number of aromatic nitrogens is 2. The van der Waals surface area contributed by atoms with Crippen LogP contribution in [0.1, 0.15) is 20.7 Å². The number of pyridine rings is 2. The maximum Gasteiger partial charge on any atom is 0.337 e. The molecule has 0 aliphatic heterocycles. The van der Waals surface area contributed by atoms with Crippen LogP contribution in [0.4, 0.5) is 0 Å². The molecular weight excluding hydrogens is 363 g/mol. The molecule has 0 saturated carbocycles. The third kappa shape index (κ3) is 7.66. The normalized spacial score (nSPS) is 8.00. The van der Waals surface area contributed by atoms with E-state index in [0.717, 1.165) is 0 Å². The Balaban J connectivity index is 0. The maximum atomic E-state index is 10.2. The van der Waals surface area contributed by atoms with E-state index < -0.39 is 11.9 Å². The molecule has 0 fully saturated rings. The number of nitrogens with zero attached hydrogens (tertiary/aromatic N) is 2. The number of carboxylic acid groups (broad SMARTS) is 2. The Morgan fingerprint density at radius 2 is 1.15 bits per heavy atom. The average molecular weight is 373 g/mol. The molecule has 114 valence electrons. The van der Waals surface area contributed by atoms with E-state index >= 15 is 0 Å². The Morgan fingerprint density at radius 1 is 0.800 bits per heavy atom. The van der Waals surface area contributed by atoms with Gasteiger partial charge >= 0.3 is 11.9 Å². The number of hydrogen-bond acceptors (Lipinski definition) is 4. The van der Waals surface area contributed by atoms with Crippen LogP contribution in [0.2, 0.25) is 0 Å². The smallest absolute Gasteiger partial charge is 0.337 e. The minimum Gasteiger partial charge on any atom is -0.478 e. The van der Waals surface area contributed by atoms with E-state index in [1.54, 1.807) is 12.1 Å². The van der Waals surface area contributed by atoms with E-state index in [-0.39, 0.29) is 45.3 Å². The molecule has 2 radical (unpaired) electrons. The van der Waals surface area contributed by atoms with Gasteiger partial charge in [-0.2, -0.15) is 0 Å². The SMILES string of the molecule is O=C(O)c1cccnc1.O=C(O)c1cccnc1.[Cu].[Cu]. The van der Waals surface area contributed by atoms with E-state index in [0.29, 0.717) is 0 Å². The first-order chi connectivity index (χ1) is 8.61. The fraction of sp³-hybridized carbons (Fsp3) is 0. The molecule has 0 atom stereocenters. The molecule has 0 bridgehead atoms. The minimum atomic E-state index is -0.942. The summed E-state index contributed by atoms with van der Waals surface area (Å²) in [6.45, 7) is 0. The van der Waals surface area contributed by atoms with E-state index in [9.17, 15) is 9.59 Å². The van der Waals surface area contributed by atoms with Crippen molar-refractivity contribution in [2.24, 2.45) is 0 Å². The van der Waals surface area contributed by atoms with Gasteiger partial charge in [0.05, 0.1) is 11.1 Å². The van der Waals surface area contributed by atoms with Crippen LogP contribution >= 0.6 is 0 Å². The molecule has 0 unspecified atom stereocenters. The Bertz CT molecular complexity index is 474. The topological polar surface area (TPSA) is 100 Å². The molecule has 8 heteroatoms. The molecule has 20 heavy (non-hydrogen) atoms. The van der Waals surface area contributed by atoms with Gasteiger partial charge in [-0.1, -0.05) is 0 Å². The minimum absolute atomic E-state index is 0. The predicted octanol–water partition coefficient (Wildman–Crippen LogP) is 1.55. The number of aromatic carboxylic acids is 2. The fourth-order valence-electron chi connectivity index (χ4n) is 0.979. The number of rotatable bonds is 2. The molecule has 0 aromatic carbocycles. The van der Waals surface area contributed by atoms with Crippen molar-refractivity contribution in [2.75, 3.05) is 0 Å². The van der Waals surface area contributed by atoms with Crippen LogP contribution in [0.3, 0.4) is 0 Å². The first-order valence-corrected chi connectivity index (χ1v) is 4.88. The fourth-order valence-corrected chi connectivity index (χ4v) is 0.979. The molecule has 2 rings (SSSR count). The van der Waals surface area contributed by atoms with Crippen LogP contribution in [0, 0.1) is 0 Å². The Hall–Kier alpha value is -1.72. The van der Waals surface area contributed by atoms with Gasteiger partial charge in [-0.15, -0.1) is 0 Å². The summed E-state index contributed by atoms with van der Waals surface area (Å²) in [5.74, 6) is -1.88. The summed E-state index contributed by atoms with van der Waals surface area (Å²) in [5.41, 5.74) is 0.440. The molecule has 0 saturated heterocycles. The van der Waals surface area contributed by atoms with E-state index in [1.807, 2.05) is 0 Å². The van der Waals surface area contributed by atoms with E-state index in [4.69, 9.17) is 10.2 Å². The zero-order valence-electron chi connectivity index (χ0n) is 9.83. The van der Waals surface area contributed by atoms with Gasteiger partial charge in [-0.3, -0.25) is 9.97 Å². The van der Waals surface area contributed by atoms with Crippen LogP contribution < -0.4 is 0 Å². The van der Waals surface area contributed by atoms with Gasteiger partial charge in [0.1, 0.15) is 0 Å². The first kappa shape index (κ1) is 20.6. The van der Waals surface area contributed by atoms with Gasteiger partial charge in [-0.25, -0.2) is 9.59 Å². The molecule has 6 nitrogen and oxygen atoms in total. The molecule has 2 heterocycles. The van der Waals surface area contributed by atoms with Gasteiger partial charge in [0, 0.05) is 58.9 Å². The van der Waals surface area contributed by atoms with Gasteiger partial charge in [0.25, 0.3) is 0 Å². The molecule has 2 aromatic rings. The number of carbonyl (C=O) groups is 2. The second-order valence-corrected chi connectivity index (χ2v) is 3.09. The molecule has 0 aliphatic rings. The van der Waals surface area contributed by atoms with Gasteiger partial charge in [0.2, 0.25) is 0 Å². The van der Waals surface area contributed by atoms with Crippen LogP contribution in [-0.2, 0) is 34.1 Å². The van der Waals surface area contributed by atoms with E-state index in [1.165, 1.54) is 36.9 Å². The average Bonchev–Trinajstić information content (AvgIpc) is 2.41. The van der Waals surface area contributed by atoms with Crippen molar-refractivity contribution in [2.45, 2.75) is 0 Å². The molecule has 2 aromatic heterocycles. The summed E-state index contributed by atoms with van der Waals surface area (Å²) in [5, 5.41) is 16.7. The standard InChI is InChI=1S/2C6H5NO2.2Cu/c2*8-6(9)5-2-1-3-7-4-5;;/h2*1-4H,(H,8,9);;. The number of carboxylic acids is 2. The molecule has 2 N–H and O–H groups in total. The van der Waals surface area contributed by atoms with Gasteiger partial charge < -0.3 is 10.2 Å². The Labute approximate surface area is 136 Å². The summed E-state index contributed by atoms with van der Waals surface area (Å²) >= 11 is 0. The first-order valence-electron chi connectivity index (χ1n) is 4.88. The Kier molecular flexibility index (Phi) is 11.5. The van der Waals surface area contributed by atoms with E-state index in [2.05, 4.69) is 9.97 Å². The molecule has 0 amide bonds. The van der Waals surface area contributed by atoms with Crippen molar-refractivity contribution in [3.05, 3.63) is 60.2 Å².